The van der Waals surface area contributed by atoms with Crippen LogP contribution in [-0.2, 0) is 19.6 Å². The van der Waals surface area contributed by atoms with Gasteiger partial charge in [-0.3, -0.25) is 4.90 Å². The standard InChI is InChI=1S/C25H28F2N4S.CH4/c1-32(2)31(22-11-10-19-15-30(16-20(19)12-22)21-4-3-5-21)14-17-6-8-18(9-7-17)23-13-24(25(26)27)29-28-23;/h6-12,21,25H,1,3-5,13-16H2,2H3;1H4. The van der Waals surface area contributed by atoms with Crippen LogP contribution in [-0.4, -0.2) is 40.9 Å². The number of halogens is 2. The molecule has 176 valence electrons. The molecule has 0 bridgehead atoms. The second-order valence-electron chi connectivity index (χ2n) is 8.89. The SMILES string of the molecule is C.C=S(C)N(Cc1ccc(C2=NN=C(C(F)F)C2)cc1)c1ccc2c(c1)CN(C1CCC1)C2. The number of benzene rings is 2. The molecule has 0 spiro atoms. The Balaban J connectivity index is 0.00000259. The fourth-order valence-electron chi connectivity index (χ4n) is 4.57. The van der Waals surface area contributed by atoms with Crippen LogP contribution in [0.2, 0.25) is 0 Å². The molecule has 1 aliphatic carbocycles. The fourth-order valence-corrected chi connectivity index (χ4v) is 5.41. The molecule has 1 unspecified atom stereocenters. The number of hydrogen-bond acceptors (Lipinski definition) is 4. The number of anilines is 1. The van der Waals surface area contributed by atoms with Crippen molar-refractivity contribution >= 4 is 33.7 Å². The lowest BCUT2D eigenvalue weighted by atomic mass is 9.92. The minimum atomic E-state index is -2.54. The minimum absolute atomic E-state index is 0. The summed E-state index contributed by atoms with van der Waals surface area (Å²) in [6, 6.07) is 15.6. The second-order valence-corrected chi connectivity index (χ2v) is 10.5. The molecule has 2 heterocycles. The molecule has 3 aliphatic rings. The molecule has 7 heteroatoms. The summed E-state index contributed by atoms with van der Waals surface area (Å²) in [6.07, 6.45) is 3.75. The van der Waals surface area contributed by atoms with Crippen LogP contribution in [0.25, 0.3) is 0 Å². The van der Waals surface area contributed by atoms with E-state index in [1.54, 1.807) is 0 Å². The summed E-state index contributed by atoms with van der Waals surface area (Å²) in [4.78, 5) is 2.62. The van der Waals surface area contributed by atoms with Crippen molar-refractivity contribution in [2.24, 2.45) is 10.2 Å². The zero-order chi connectivity index (χ0) is 22.2. The van der Waals surface area contributed by atoms with Gasteiger partial charge in [-0.25, -0.2) is 8.78 Å². The van der Waals surface area contributed by atoms with Crippen LogP contribution in [0.5, 0.6) is 0 Å². The Labute approximate surface area is 198 Å². The fraction of sp³-hybridized carbons (Fsp3) is 0.423. The molecule has 0 amide bonds. The summed E-state index contributed by atoms with van der Waals surface area (Å²) in [5.74, 6) is 4.31. The van der Waals surface area contributed by atoms with Crippen LogP contribution in [0, 0.1) is 0 Å². The van der Waals surface area contributed by atoms with Gasteiger partial charge in [0.2, 0.25) is 0 Å². The van der Waals surface area contributed by atoms with Gasteiger partial charge in [-0.15, -0.1) is 10.7 Å². The average Bonchev–Trinajstić information content (AvgIpc) is 3.38. The molecular weight excluding hydrogens is 438 g/mol. The highest BCUT2D eigenvalue weighted by Crippen LogP contribution is 2.36. The number of alkyl halides is 2. The van der Waals surface area contributed by atoms with Crippen molar-refractivity contribution in [3.05, 3.63) is 64.7 Å². The Morgan fingerprint density at radius 2 is 1.82 bits per heavy atom. The van der Waals surface area contributed by atoms with Gasteiger partial charge in [0.15, 0.2) is 0 Å². The number of fused-ring (bicyclic) bond motifs is 1. The predicted molar refractivity (Wildman–Crippen MR) is 138 cm³/mol. The second kappa shape index (κ2) is 9.85. The molecule has 4 nitrogen and oxygen atoms in total. The monoisotopic (exact) mass is 470 g/mol. The normalized spacial score (nSPS) is 18.9. The van der Waals surface area contributed by atoms with Crippen LogP contribution >= 0.6 is 10.7 Å². The molecule has 0 radical (unpaired) electrons. The summed E-state index contributed by atoms with van der Waals surface area (Å²) < 4.78 is 28.0. The largest absolute Gasteiger partial charge is 0.318 e. The van der Waals surface area contributed by atoms with Crippen LogP contribution < -0.4 is 4.31 Å². The smallest absolute Gasteiger partial charge is 0.278 e. The van der Waals surface area contributed by atoms with E-state index in [0.717, 1.165) is 36.8 Å². The van der Waals surface area contributed by atoms with E-state index in [-0.39, 0.29) is 30.2 Å². The molecule has 1 fully saturated rings. The molecule has 0 N–H and O–H groups in total. The first-order valence-corrected chi connectivity index (χ1v) is 12.8. The average molecular weight is 471 g/mol. The van der Waals surface area contributed by atoms with E-state index in [2.05, 4.69) is 49.7 Å². The van der Waals surface area contributed by atoms with Gasteiger partial charge in [-0.05, 0) is 53.5 Å². The Kier molecular flexibility index (Phi) is 7.10. The first-order chi connectivity index (χ1) is 15.5. The van der Waals surface area contributed by atoms with E-state index in [1.165, 1.54) is 36.1 Å². The molecule has 2 aromatic carbocycles. The van der Waals surface area contributed by atoms with E-state index in [1.807, 2.05) is 24.3 Å². The van der Waals surface area contributed by atoms with Gasteiger partial charge < -0.3 is 4.31 Å². The van der Waals surface area contributed by atoms with E-state index in [0.29, 0.717) is 5.71 Å². The van der Waals surface area contributed by atoms with E-state index in [4.69, 9.17) is 0 Å². The van der Waals surface area contributed by atoms with Crippen molar-refractivity contribution in [2.45, 2.75) is 65.2 Å². The molecule has 0 saturated heterocycles. The Hall–Kier alpha value is -2.38. The third-order valence-corrected chi connectivity index (χ3v) is 7.80. The Morgan fingerprint density at radius 1 is 1.09 bits per heavy atom. The summed E-state index contributed by atoms with van der Waals surface area (Å²) in [5, 5.41) is 7.55. The van der Waals surface area contributed by atoms with Gasteiger partial charge in [0, 0.05) is 31.2 Å². The van der Waals surface area contributed by atoms with Crippen LogP contribution in [0.15, 0.2) is 52.7 Å². The van der Waals surface area contributed by atoms with Gasteiger partial charge in [0.05, 0.1) is 12.3 Å². The lowest BCUT2D eigenvalue weighted by molar-refractivity contribution is 0.126. The Bertz CT molecular complexity index is 1090. The molecule has 33 heavy (non-hydrogen) atoms. The number of nitrogens with zero attached hydrogens (tertiary/aromatic N) is 4. The Morgan fingerprint density at radius 3 is 2.42 bits per heavy atom. The lowest BCUT2D eigenvalue weighted by Gasteiger charge is -2.34. The van der Waals surface area contributed by atoms with E-state index < -0.39 is 6.43 Å². The summed E-state index contributed by atoms with van der Waals surface area (Å²) in [5.41, 5.74) is 6.54. The van der Waals surface area contributed by atoms with Crippen molar-refractivity contribution < 1.29 is 8.78 Å². The van der Waals surface area contributed by atoms with Gasteiger partial charge in [0.25, 0.3) is 6.43 Å². The first-order valence-electron chi connectivity index (χ1n) is 11.1. The maximum Gasteiger partial charge on any atom is 0.278 e. The van der Waals surface area contributed by atoms with Crippen LogP contribution in [0.4, 0.5) is 14.5 Å². The van der Waals surface area contributed by atoms with Gasteiger partial charge in [-0.2, -0.15) is 10.2 Å². The maximum absolute atomic E-state index is 12.8. The van der Waals surface area contributed by atoms with Gasteiger partial charge >= 0.3 is 0 Å². The summed E-state index contributed by atoms with van der Waals surface area (Å²) in [6.45, 7) is 2.88. The third kappa shape index (κ3) is 4.94. The van der Waals surface area contributed by atoms with E-state index in [9.17, 15) is 8.78 Å². The zero-order valence-corrected chi connectivity index (χ0v) is 19.1. The van der Waals surface area contributed by atoms with Crippen molar-refractivity contribution in [3.8, 4) is 0 Å². The minimum Gasteiger partial charge on any atom is -0.318 e. The molecule has 1 saturated carbocycles. The van der Waals surface area contributed by atoms with E-state index >= 15 is 0 Å². The van der Waals surface area contributed by atoms with Gasteiger partial charge in [-0.1, -0.05) is 50.0 Å². The first kappa shape index (κ1) is 23.8. The highest BCUT2D eigenvalue weighted by molar-refractivity contribution is 8.14. The zero-order valence-electron chi connectivity index (χ0n) is 18.3. The van der Waals surface area contributed by atoms with Crippen LogP contribution in [0.1, 0.15) is 55.4 Å². The van der Waals surface area contributed by atoms with Crippen molar-refractivity contribution in [3.63, 3.8) is 0 Å². The lowest BCUT2D eigenvalue weighted by Crippen LogP contribution is -2.36. The molecule has 2 aliphatic heterocycles. The predicted octanol–water partition coefficient (Wildman–Crippen LogP) is 6.26. The highest BCUT2D eigenvalue weighted by Gasteiger charge is 2.30. The molecule has 1 atom stereocenters. The van der Waals surface area contributed by atoms with Crippen molar-refractivity contribution in [1.82, 2.24) is 4.90 Å². The summed E-state index contributed by atoms with van der Waals surface area (Å²) >= 11 is 0. The number of hydrogen-bond donors (Lipinski definition) is 0. The third-order valence-electron chi connectivity index (χ3n) is 6.70. The molecular formula is C26H32F2N4S. The maximum atomic E-state index is 12.8. The topological polar surface area (TPSA) is 31.2 Å². The molecule has 2 aromatic rings. The van der Waals surface area contributed by atoms with Crippen molar-refractivity contribution in [1.29, 1.82) is 0 Å². The quantitative estimate of drug-likeness (QED) is 0.448. The van der Waals surface area contributed by atoms with Crippen LogP contribution in [0.3, 0.4) is 0 Å². The van der Waals surface area contributed by atoms with Gasteiger partial charge in [0.1, 0.15) is 5.71 Å². The highest BCUT2D eigenvalue weighted by atomic mass is 32.2. The molecule has 5 rings (SSSR count). The van der Waals surface area contributed by atoms with Crippen molar-refractivity contribution in [2.75, 3.05) is 10.6 Å². The molecule has 0 aromatic heterocycles. The number of rotatable bonds is 7. The summed E-state index contributed by atoms with van der Waals surface area (Å²) in [7, 11) is -0.182.